The lowest BCUT2D eigenvalue weighted by Gasteiger charge is -2.33. The van der Waals surface area contributed by atoms with E-state index in [1.165, 1.54) is 0 Å². The van der Waals surface area contributed by atoms with Gasteiger partial charge in [0.2, 0.25) is 5.91 Å². The topological polar surface area (TPSA) is 60.2 Å². The monoisotopic (exact) mass is 286 g/mol. The lowest BCUT2D eigenvalue weighted by Crippen LogP contribution is -2.43. The maximum Gasteiger partial charge on any atom is 0.242 e. The third-order valence-corrected chi connectivity index (χ3v) is 3.59. The summed E-state index contributed by atoms with van der Waals surface area (Å²) in [5.74, 6) is 0.0899. The van der Waals surface area contributed by atoms with Crippen LogP contribution in [-0.2, 0) is 16.1 Å². The van der Waals surface area contributed by atoms with Crippen molar-refractivity contribution in [2.45, 2.75) is 19.6 Å². The number of hydrogen-bond acceptors (Lipinski definition) is 4. The molecule has 3 rings (SSSR count). The molecule has 1 saturated heterocycles. The van der Waals surface area contributed by atoms with Crippen molar-refractivity contribution in [2.24, 2.45) is 0 Å². The number of ether oxygens (including phenoxy) is 1. The molecule has 1 unspecified atom stereocenters. The van der Waals surface area contributed by atoms with Crippen LogP contribution in [0.5, 0.6) is 0 Å². The van der Waals surface area contributed by atoms with Crippen LogP contribution in [-0.4, -0.2) is 45.0 Å². The van der Waals surface area contributed by atoms with Crippen molar-refractivity contribution in [2.75, 3.05) is 19.7 Å². The third-order valence-electron chi connectivity index (χ3n) is 3.59. The average Bonchev–Trinajstić information content (AvgIpc) is 3.00. The predicted octanol–water partition coefficient (Wildman–Crippen LogP) is 1.19. The molecule has 6 nitrogen and oxygen atoms in total. The molecule has 1 atom stereocenters. The van der Waals surface area contributed by atoms with Gasteiger partial charge in [-0.25, -0.2) is 4.98 Å². The summed E-state index contributed by atoms with van der Waals surface area (Å²) in [5, 5.41) is 0. The summed E-state index contributed by atoms with van der Waals surface area (Å²) in [6.07, 6.45) is 6.83. The number of rotatable bonds is 3. The molecule has 2 aromatic heterocycles. The second-order valence-corrected chi connectivity index (χ2v) is 5.16. The Morgan fingerprint density at radius 3 is 3.14 bits per heavy atom. The third kappa shape index (κ3) is 3.28. The summed E-state index contributed by atoms with van der Waals surface area (Å²) in [6.45, 7) is 4.04. The van der Waals surface area contributed by atoms with Gasteiger partial charge in [0, 0.05) is 30.8 Å². The Bertz CT molecular complexity index is 612. The Morgan fingerprint density at radius 1 is 1.48 bits per heavy atom. The van der Waals surface area contributed by atoms with Crippen molar-refractivity contribution < 1.29 is 9.53 Å². The van der Waals surface area contributed by atoms with Crippen LogP contribution in [0, 0.1) is 6.92 Å². The molecule has 0 spiro atoms. The highest BCUT2D eigenvalue weighted by Crippen LogP contribution is 2.22. The van der Waals surface area contributed by atoms with E-state index in [9.17, 15) is 4.79 Å². The lowest BCUT2D eigenvalue weighted by molar-refractivity contribution is -0.139. The van der Waals surface area contributed by atoms with Crippen LogP contribution in [0.2, 0.25) is 0 Å². The van der Waals surface area contributed by atoms with Crippen molar-refractivity contribution in [3.05, 3.63) is 48.3 Å². The minimum atomic E-state index is -0.0767. The van der Waals surface area contributed by atoms with E-state index in [1.54, 1.807) is 29.5 Å². The summed E-state index contributed by atoms with van der Waals surface area (Å²) in [4.78, 5) is 22.3. The van der Waals surface area contributed by atoms with Crippen molar-refractivity contribution in [1.29, 1.82) is 0 Å². The zero-order valence-corrected chi connectivity index (χ0v) is 12.0. The van der Waals surface area contributed by atoms with Crippen molar-refractivity contribution in [1.82, 2.24) is 19.4 Å². The van der Waals surface area contributed by atoms with Crippen molar-refractivity contribution >= 4 is 5.91 Å². The Morgan fingerprint density at radius 2 is 2.38 bits per heavy atom. The first kappa shape index (κ1) is 13.8. The fourth-order valence-electron chi connectivity index (χ4n) is 2.48. The van der Waals surface area contributed by atoms with Crippen molar-refractivity contribution in [3.8, 4) is 0 Å². The summed E-state index contributed by atoms with van der Waals surface area (Å²) < 4.78 is 7.57. The van der Waals surface area contributed by atoms with E-state index in [0.717, 1.165) is 11.3 Å². The van der Waals surface area contributed by atoms with E-state index in [1.807, 2.05) is 24.0 Å². The van der Waals surface area contributed by atoms with Gasteiger partial charge in [0.25, 0.3) is 0 Å². The number of carbonyl (C=O) groups is 1. The molecule has 1 fully saturated rings. The quantitative estimate of drug-likeness (QED) is 0.850. The zero-order chi connectivity index (χ0) is 14.7. The summed E-state index contributed by atoms with van der Waals surface area (Å²) >= 11 is 0. The fraction of sp³-hybridized carbons (Fsp3) is 0.400. The number of carbonyl (C=O) groups excluding carboxylic acids is 1. The molecule has 3 heterocycles. The zero-order valence-electron chi connectivity index (χ0n) is 12.0. The van der Waals surface area contributed by atoms with Crippen LogP contribution in [0.1, 0.15) is 17.4 Å². The van der Waals surface area contributed by atoms with Crippen LogP contribution < -0.4 is 0 Å². The SMILES string of the molecule is Cc1cc(C2CN(C(=O)Cn3ccnc3)CCO2)ccn1. The smallest absolute Gasteiger partial charge is 0.242 e. The number of nitrogens with zero attached hydrogens (tertiary/aromatic N) is 4. The van der Waals surface area contributed by atoms with Gasteiger partial charge in [0.05, 0.1) is 19.5 Å². The first-order valence-electron chi connectivity index (χ1n) is 7.00. The van der Waals surface area contributed by atoms with E-state index in [4.69, 9.17) is 4.74 Å². The molecule has 2 aromatic rings. The van der Waals surface area contributed by atoms with Crippen LogP contribution in [0.15, 0.2) is 37.1 Å². The Labute approximate surface area is 123 Å². The molecule has 0 saturated carbocycles. The van der Waals surface area contributed by atoms with Crippen LogP contribution in [0.25, 0.3) is 0 Å². The number of aromatic nitrogens is 3. The van der Waals surface area contributed by atoms with Crippen LogP contribution in [0.3, 0.4) is 0 Å². The molecular formula is C15H18N4O2. The van der Waals surface area contributed by atoms with Gasteiger partial charge in [-0.15, -0.1) is 0 Å². The first-order chi connectivity index (χ1) is 10.2. The molecule has 0 aliphatic carbocycles. The van der Waals surface area contributed by atoms with Gasteiger partial charge in [0.1, 0.15) is 12.6 Å². The molecule has 0 N–H and O–H groups in total. The van der Waals surface area contributed by atoms with Gasteiger partial charge in [-0.2, -0.15) is 0 Å². The van der Waals surface area contributed by atoms with E-state index >= 15 is 0 Å². The first-order valence-corrected chi connectivity index (χ1v) is 7.00. The summed E-state index contributed by atoms with van der Waals surface area (Å²) in [5.41, 5.74) is 2.03. The Kier molecular flexibility index (Phi) is 3.96. The molecule has 21 heavy (non-hydrogen) atoms. The molecule has 0 radical (unpaired) electrons. The van der Waals surface area contributed by atoms with Crippen LogP contribution in [0.4, 0.5) is 0 Å². The molecule has 1 amide bonds. The maximum absolute atomic E-state index is 12.3. The molecule has 1 aliphatic rings. The normalized spacial score (nSPS) is 18.7. The van der Waals surface area contributed by atoms with E-state index in [2.05, 4.69) is 9.97 Å². The number of amides is 1. The molecule has 0 aromatic carbocycles. The highest BCUT2D eigenvalue weighted by molar-refractivity contribution is 5.76. The van der Waals surface area contributed by atoms with E-state index in [-0.39, 0.29) is 12.0 Å². The second-order valence-electron chi connectivity index (χ2n) is 5.16. The highest BCUT2D eigenvalue weighted by atomic mass is 16.5. The van der Waals surface area contributed by atoms with E-state index < -0.39 is 0 Å². The Balaban J connectivity index is 1.66. The highest BCUT2D eigenvalue weighted by Gasteiger charge is 2.25. The minimum Gasteiger partial charge on any atom is -0.370 e. The number of imidazole rings is 1. The van der Waals surface area contributed by atoms with Crippen LogP contribution >= 0.6 is 0 Å². The van der Waals surface area contributed by atoms with Gasteiger partial charge < -0.3 is 14.2 Å². The van der Waals surface area contributed by atoms with Gasteiger partial charge in [0.15, 0.2) is 0 Å². The van der Waals surface area contributed by atoms with Gasteiger partial charge in [-0.05, 0) is 24.6 Å². The summed E-state index contributed by atoms with van der Waals surface area (Å²) in [6, 6.07) is 3.95. The van der Waals surface area contributed by atoms with E-state index in [0.29, 0.717) is 26.2 Å². The number of hydrogen-bond donors (Lipinski definition) is 0. The standard InChI is InChI=1S/C15H18N4O2/c1-12-8-13(2-3-17-12)14-9-19(6-7-21-14)15(20)10-18-5-4-16-11-18/h2-5,8,11,14H,6-7,9-10H2,1H3. The van der Waals surface area contributed by atoms with Crippen molar-refractivity contribution in [3.63, 3.8) is 0 Å². The lowest BCUT2D eigenvalue weighted by atomic mass is 10.1. The molecule has 0 bridgehead atoms. The predicted molar refractivity (Wildman–Crippen MR) is 76.5 cm³/mol. The molecule has 6 heteroatoms. The largest absolute Gasteiger partial charge is 0.370 e. The van der Waals surface area contributed by atoms with Gasteiger partial charge >= 0.3 is 0 Å². The molecule has 1 aliphatic heterocycles. The number of pyridine rings is 1. The molecular weight excluding hydrogens is 268 g/mol. The Hall–Kier alpha value is -2.21. The number of morpholine rings is 1. The molecule has 110 valence electrons. The summed E-state index contributed by atoms with van der Waals surface area (Å²) in [7, 11) is 0. The number of aryl methyl sites for hydroxylation is 1. The fourth-order valence-corrected chi connectivity index (χ4v) is 2.48. The second kappa shape index (κ2) is 6.05. The average molecular weight is 286 g/mol. The van der Waals surface area contributed by atoms with Gasteiger partial charge in [-0.1, -0.05) is 0 Å². The minimum absolute atomic E-state index is 0.0767. The maximum atomic E-state index is 12.3. The van der Waals surface area contributed by atoms with Gasteiger partial charge in [-0.3, -0.25) is 9.78 Å².